The van der Waals surface area contributed by atoms with Gasteiger partial charge in [0.15, 0.2) is 0 Å². The lowest BCUT2D eigenvalue weighted by molar-refractivity contribution is 0.348. The van der Waals surface area contributed by atoms with Gasteiger partial charge in [0.05, 0.1) is 0 Å². The molecule has 0 spiro atoms. The molecule has 5 nitrogen and oxygen atoms in total. The highest BCUT2D eigenvalue weighted by molar-refractivity contribution is 5.55. The van der Waals surface area contributed by atoms with Crippen molar-refractivity contribution >= 4 is 0 Å². The van der Waals surface area contributed by atoms with Crippen LogP contribution in [0, 0.1) is 13.8 Å². The molecule has 0 saturated carbocycles. The average Bonchev–Trinajstić information content (AvgIpc) is 2.61. The molecule has 2 aromatic heterocycles. The van der Waals surface area contributed by atoms with Gasteiger partial charge >= 0.3 is 0 Å². The van der Waals surface area contributed by atoms with Gasteiger partial charge in [-0.3, -0.25) is 4.98 Å². The molecule has 0 aliphatic rings. The van der Waals surface area contributed by atoms with Crippen LogP contribution in [0.3, 0.4) is 0 Å². The maximum absolute atomic E-state index is 5.93. The predicted molar refractivity (Wildman–Crippen MR) is 69.0 cm³/mol. The maximum atomic E-state index is 5.93. The SMILES string of the molecule is Cc1cc(-c2noc(CC(C)(C)N)n2)cc(C)n1. The fourth-order valence-corrected chi connectivity index (χ4v) is 1.80. The molecule has 2 aromatic rings. The second-order valence-corrected chi connectivity index (χ2v) is 5.32. The van der Waals surface area contributed by atoms with Crippen molar-refractivity contribution in [3.63, 3.8) is 0 Å². The smallest absolute Gasteiger partial charge is 0.228 e. The standard InChI is InChI=1S/C13H18N4O/c1-8-5-10(6-9(2)15-8)12-16-11(18-17-12)7-13(3,4)14/h5-6H,7,14H2,1-4H3. The topological polar surface area (TPSA) is 77.8 Å². The van der Waals surface area contributed by atoms with Crippen molar-refractivity contribution in [2.75, 3.05) is 0 Å². The fourth-order valence-electron chi connectivity index (χ4n) is 1.80. The summed E-state index contributed by atoms with van der Waals surface area (Å²) in [5.41, 5.74) is 8.37. The number of rotatable bonds is 3. The molecule has 0 bridgehead atoms. The molecule has 0 radical (unpaired) electrons. The second-order valence-electron chi connectivity index (χ2n) is 5.32. The average molecular weight is 246 g/mol. The lowest BCUT2D eigenvalue weighted by Crippen LogP contribution is -2.34. The van der Waals surface area contributed by atoms with Gasteiger partial charge < -0.3 is 10.3 Å². The van der Waals surface area contributed by atoms with E-state index in [0.717, 1.165) is 17.0 Å². The summed E-state index contributed by atoms with van der Waals surface area (Å²) in [4.78, 5) is 8.68. The molecular formula is C13H18N4O. The van der Waals surface area contributed by atoms with Crippen molar-refractivity contribution in [1.82, 2.24) is 15.1 Å². The van der Waals surface area contributed by atoms with Crippen molar-refractivity contribution in [3.05, 3.63) is 29.4 Å². The van der Waals surface area contributed by atoms with Crippen LogP contribution < -0.4 is 5.73 Å². The molecule has 2 N–H and O–H groups in total. The Morgan fingerprint density at radius 1 is 1.17 bits per heavy atom. The van der Waals surface area contributed by atoms with Gasteiger partial charge in [0.2, 0.25) is 11.7 Å². The molecule has 0 aromatic carbocycles. The van der Waals surface area contributed by atoms with E-state index in [1.54, 1.807) is 0 Å². The predicted octanol–water partition coefficient (Wildman–Crippen LogP) is 2.03. The van der Waals surface area contributed by atoms with Crippen LogP contribution >= 0.6 is 0 Å². The van der Waals surface area contributed by atoms with Gasteiger partial charge in [-0.15, -0.1) is 0 Å². The highest BCUT2D eigenvalue weighted by Crippen LogP contribution is 2.18. The molecule has 2 rings (SSSR count). The zero-order chi connectivity index (χ0) is 13.3. The maximum Gasteiger partial charge on any atom is 0.228 e. The van der Waals surface area contributed by atoms with Gasteiger partial charge in [-0.05, 0) is 39.8 Å². The zero-order valence-corrected chi connectivity index (χ0v) is 11.2. The largest absolute Gasteiger partial charge is 0.339 e. The molecule has 0 fully saturated rings. The van der Waals surface area contributed by atoms with E-state index in [9.17, 15) is 0 Å². The van der Waals surface area contributed by atoms with E-state index >= 15 is 0 Å². The highest BCUT2D eigenvalue weighted by atomic mass is 16.5. The van der Waals surface area contributed by atoms with Gasteiger partial charge in [-0.1, -0.05) is 5.16 Å². The van der Waals surface area contributed by atoms with E-state index in [1.165, 1.54) is 0 Å². The molecule has 0 amide bonds. The van der Waals surface area contributed by atoms with Gasteiger partial charge in [-0.25, -0.2) is 0 Å². The van der Waals surface area contributed by atoms with Crippen molar-refractivity contribution in [2.24, 2.45) is 5.73 Å². The van der Waals surface area contributed by atoms with E-state index in [4.69, 9.17) is 10.3 Å². The molecule has 0 aliphatic heterocycles. The zero-order valence-electron chi connectivity index (χ0n) is 11.2. The molecule has 0 aliphatic carbocycles. The van der Waals surface area contributed by atoms with Crippen LogP contribution in [0.4, 0.5) is 0 Å². The quantitative estimate of drug-likeness (QED) is 0.896. The number of nitrogens with two attached hydrogens (primary N) is 1. The minimum absolute atomic E-state index is 0.353. The lowest BCUT2D eigenvalue weighted by atomic mass is 10.0. The van der Waals surface area contributed by atoms with Crippen LogP contribution in [-0.4, -0.2) is 20.7 Å². The van der Waals surface area contributed by atoms with E-state index in [1.807, 2.05) is 39.8 Å². The number of aryl methyl sites for hydroxylation is 2. The molecule has 96 valence electrons. The summed E-state index contributed by atoms with van der Waals surface area (Å²) in [6.45, 7) is 7.75. The van der Waals surface area contributed by atoms with Gasteiger partial charge in [0, 0.05) is 28.9 Å². The Morgan fingerprint density at radius 2 is 1.78 bits per heavy atom. The third-order valence-electron chi connectivity index (χ3n) is 2.41. The number of hydrogen-bond donors (Lipinski definition) is 1. The van der Waals surface area contributed by atoms with Crippen molar-refractivity contribution < 1.29 is 4.52 Å². The monoisotopic (exact) mass is 246 g/mol. The van der Waals surface area contributed by atoms with Crippen molar-refractivity contribution in [1.29, 1.82) is 0 Å². The van der Waals surface area contributed by atoms with Crippen LogP contribution in [0.1, 0.15) is 31.1 Å². The third kappa shape index (κ3) is 3.13. The van der Waals surface area contributed by atoms with E-state index in [-0.39, 0.29) is 5.54 Å². The second kappa shape index (κ2) is 4.49. The Hall–Kier alpha value is -1.75. The number of pyridine rings is 1. The summed E-state index contributed by atoms with van der Waals surface area (Å²) in [6, 6.07) is 3.88. The van der Waals surface area contributed by atoms with Crippen LogP contribution in [0.2, 0.25) is 0 Å². The summed E-state index contributed by atoms with van der Waals surface area (Å²) >= 11 is 0. The molecule has 0 atom stereocenters. The molecule has 2 heterocycles. The first-order valence-electron chi connectivity index (χ1n) is 5.91. The number of hydrogen-bond acceptors (Lipinski definition) is 5. The van der Waals surface area contributed by atoms with Crippen molar-refractivity contribution in [3.8, 4) is 11.4 Å². The van der Waals surface area contributed by atoms with Crippen molar-refractivity contribution in [2.45, 2.75) is 39.7 Å². The van der Waals surface area contributed by atoms with Crippen LogP contribution in [0.5, 0.6) is 0 Å². The number of nitrogens with zero attached hydrogens (tertiary/aromatic N) is 3. The Kier molecular flexibility index (Phi) is 3.17. The van der Waals surface area contributed by atoms with Crippen LogP contribution in [-0.2, 0) is 6.42 Å². The number of aromatic nitrogens is 3. The van der Waals surface area contributed by atoms with Gasteiger partial charge in [-0.2, -0.15) is 4.98 Å². The van der Waals surface area contributed by atoms with Gasteiger partial charge in [0.25, 0.3) is 0 Å². The minimum Gasteiger partial charge on any atom is -0.339 e. The van der Waals surface area contributed by atoms with Crippen LogP contribution in [0.15, 0.2) is 16.7 Å². The Bertz CT molecular complexity index is 534. The Morgan fingerprint density at radius 3 is 2.33 bits per heavy atom. The summed E-state index contributed by atoms with van der Waals surface area (Å²) in [5, 5.41) is 3.98. The van der Waals surface area contributed by atoms with E-state index in [0.29, 0.717) is 18.1 Å². The first-order chi connectivity index (χ1) is 8.33. The lowest BCUT2D eigenvalue weighted by Gasteiger charge is -2.14. The summed E-state index contributed by atoms with van der Waals surface area (Å²) in [6.07, 6.45) is 0.559. The van der Waals surface area contributed by atoms with Gasteiger partial charge in [0.1, 0.15) is 0 Å². The molecule has 5 heteroatoms. The third-order valence-corrected chi connectivity index (χ3v) is 2.41. The summed E-state index contributed by atoms with van der Waals surface area (Å²) in [5.74, 6) is 1.15. The highest BCUT2D eigenvalue weighted by Gasteiger charge is 2.17. The van der Waals surface area contributed by atoms with E-state index < -0.39 is 0 Å². The molecule has 0 unspecified atom stereocenters. The normalized spacial score (nSPS) is 11.8. The summed E-state index contributed by atoms with van der Waals surface area (Å²) in [7, 11) is 0. The first-order valence-corrected chi connectivity index (χ1v) is 5.91. The Balaban J connectivity index is 2.29. The fraction of sp³-hybridized carbons (Fsp3) is 0.462. The Labute approximate surface area is 106 Å². The molecular weight excluding hydrogens is 228 g/mol. The minimum atomic E-state index is -0.353. The van der Waals surface area contributed by atoms with Crippen LogP contribution in [0.25, 0.3) is 11.4 Å². The molecule has 18 heavy (non-hydrogen) atoms. The molecule has 0 saturated heterocycles. The van der Waals surface area contributed by atoms with E-state index in [2.05, 4.69) is 15.1 Å². The summed E-state index contributed by atoms with van der Waals surface area (Å²) < 4.78 is 5.21. The first kappa shape index (κ1) is 12.7.